The number of Topliss-reactive ketones (excluding diaryl/α,β-unsaturated/α-hetero) is 1. The van der Waals surface area contributed by atoms with Gasteiger partial charge in [0.2, 0.25) is 0 Å². The summed E-state index contributed by atoms with van der Waals surface area (Å²) in [5.41, 5.74) is -0.139. The van der Waals surface area contributed by atoms with E-state index in [4.69, 9.17) is 4.74 Å². The van der Waals surface area contributed by atoms with E-state index >= 15 is 0 Å². The molecule has 0 atom stereocenters. The predicted molar refractivity (Wildman–Crippen MR) is 47.2 cm³/mol. The van der Waals surface area contributed by atoms with E-state index < -0.39 is 17.4 Å². The van der Waals surface area contributed by atoms with Crippen molar-refractivity contribution in [3.8, 4) is 0 Å². The summed E-state index contributed by atoms with van der Waals surface area (Å²) in [6, 6.07) is 2.84. The van der Waals surface area contributed by atoms with Crippen molar-refractivity contribution in [3.63, 3.8) is 0 Å². The number of carbonyl (C=O) groups excluding carboxylic acids is 1. The summed E-state index contributed by atoms with van der Waals surface area (Å²) in [6.45, 7) is 1.93. The van der Waals surface area contributed by atoms with Crippen LogP contribution in [0.15, 0.2) is 18.2 Å². The van der Waals surface area contributed by atoms with Crippen LogP contribution in [0.3, 0.4) is 0 Å². The van der Waals surface area contributed by atoms with E-state index in [1.54, 1.807) is 6.92 Å². The van der Waals surface area contributed by atoms with Gasteiger partial charge in [-0.3, -0.25) is 4.79 Å². The minimum absolute atomic E-state index is 0.139. The van der Waals surface area contributed by atoms with Gasteiger partial charge in [0.15, 0.2) is 5.78 Å². The van der Waals surface area contributed by atoms with Crippen molar-refractivity contribution in [2.75, 3.05) is 13.2 Å². The van der Waals surface area contributed by atoms with Crippen molar-refractivity contribution >= 4 is 5.78 Å². The van der Waals surface area contributed by atoms with Crippen molar-refractivity contribution < 1.29 is 18.3 Å². The Labute approximate surface area is 80.5 Å². The highest BCUT2D eigenvalue weighted by atomic mass is 19.1. The zero-order valence-electron chi connectivity index (χ0n) is 7.72. The molecule has 76 valence electrons. The minimum Gasteiger partial charge on any atom is -0.374 e. The van der Waals surface area contributed by atoms with Gasteiger partial charge in [-0.05, 0) is 19.1 Å². The Morgan fingerprint density at radius 2 is 2.14 bits per heavy atom. The lowest BCUT2D eigenvalue weighted by atomic mass is 10.1. The van der Waals surface area contributed by atoms with Crippen LogP contribution in [0.25, 0.3) is 0 Å². The SMILES string of the molecule is CCOCC(=O)c1ccc(F)cc1F. The Morgan fingerprint density at radius 1 is 1.43 bits per heavy atom. The topological polar surface area (TPSA) is 26.3 Å². The lowest BCUT2D eigenvalue weighted by Gasteiger charge is -2.02. The third-order valence-electron chi connectivity index (χ3n) is 1.67. The number of rotatable bonds is 4. The van der Waals surface area contributed by atoms with Crippen LogP contribution in [0.5, 0.6) is 0 Å². The lowest BCUT2D eigenvalue weighted by Crippen LogP contribution is -2.10. The van der Waals surface area contributed by atoms with E-state index in [1.165, 1.54) is 0 Å². The molecular formula is C10H10F2O2. The first-order valence-electron chi connectivity index (χ1n) is 4.21. The van der Waals surface area contributed by atoms with Gasteiger partial charge >= 0.3 is 0 Å². The second-order valence-electron chi connectivity index (χ2n) is 2.68. The summed E-state index contributed by atoms with van der Waals surface area (Å²) in [5, 5.41) is 0. The maximum Gasteiger partial charge on any atom is 0.191 e. The van der Waals surface area contributed by atoms with Crippen molar-refractivity contribution in [1.82, 2.24) is 0 Å². The monoisotopic (exact) mass is 200 g/mol. The average Bonchev–Trinajstić information content (AvgIpc) is 2.14. The average molecular weight is 200 g/mol. The molecule has 0 spiro atoms. The zero-order valence-corrected chi connectivity index (χ0v) is 7.72. The summed E-state index contributed by atoms with van der Waals surface area (Å²) < 4.78 is 30.3. The maximum absolute atomic E-state index is 13.0. The van der Waals surface area contributed by atoms with Crippen molar-refractivity contribution in [2.24, 2.45) is 0 Å². The number of ether oxygens (including phenoxy) is 1. The van der Waals surface area contributed by atoms with Crippen LogP contribution < -0.4 is 0 Å². The van der Waals surface area contributed by atoms with Gasteiger partial charge in [-0.15, -0.1) is 0 Å². The Balaban J connectivity index is 2.80. The predicted octanol–water partition coefficient (Wildman–Crippen LogP) is 2.18. The number of ketones is 1. The fraction of sp³-hybridized carbons (Fsp3) is 0.300. The molecule has 0 saturated carbocycles. The van der Waals surface area contributed by atoms with Gasteiger partial charge in [0.1, 0.15) is 18.2 Å². The van der Waals surface area contributed by atoms with Crippen molar-refractivity contribution in [2.45, 2.75) is 6.92 Å². The zero-order chi connectivity index (χ0) is 10.6. The molecule has 1 aromatic rings. The van der Waals surface area contributed by atoms with E-state index in [9.17, 15) is 13.6 Å². The molecule has 0 aliphatic rings. The molecule has 0 aliphatic heterocycles. The number of benzene rings is 1. The van der Waals surface area contributed by atoms with Crippen LogP contribution in [-0.4, -0.2) is 19.0 Å². The molecule has 0 aliphatic carbocycles. The van der Waals surface area contributed by atoms with Gasteiger partial charge in [-0.1, -0.05) is 0 Å². The number of hydrogen-bond acceptors (Lipinski definition) is 2. The largest absolute Gasteiger partial charge is 0.374 e. The molecule has 14 heavy (non-hydrogen) atoms. The second-order valence-corrected chi connectivity index (χ2v) is 2.68. The van der Waals surface area contributed by atoms with E-state index in [2.05, 4.69) is 0 Å². The van der Waals surface area contributed by atoms with E-state index in [-0.39, 0.29) is 12.2 Å². The summed E-state index contributed by atoms with van der Waals surface area (Å²) in [7, 11) is 0. The smallest absolute Gasteiger partial charge is 0.191 e. The molecule has 0 aromatic heterocycles. The Hall–Kier alpha value is -1.29. The molecule has 1 rings (SSSR count). The highest BCUT2D eigenvalue weighted by Gasteiger charge is 2.11. The number of halogens is 2. The molecule has 0 fully saturated rings. The van der Waals surface area contributed by atoms with Gasteiger partial charge in [-0.25, -0.2) is 8.78 Å². The Bertz CT molecular complexity index is 337. The van der Waals surface area contributed by atoms with Crippen LogP contribution in [0.4, 0.5) is 8.78 Å². The van der Waals surface area contributed by atoms with Gasteiger partial charge in [0.05, 0.1) is 5.56 Å². The number of carbonyl (C=O) groups is 1. The van der Waals surface area contributed by atoms with E-state index in [1.807, 2.05) is 0 Å². The first kappa shape index (κ1) is 10.8. The molecule has 0 saturated heterocycles. The van der Waals surface area contributed by atoms with Gasteiger partial charge in [-0.2, -0.15) is 0 Å². The van der Waals surface area contributed by atoms with Crippen molar-refractivity contribution in [1.29, 1.82) is 0 Å². The van der Waals surface area contributed by atoms with Crippen LogP contribution >= 0.6 is 0 Å². The Morgan fingerprint density at radius 3 is 2.71 bits per heavy atom. The van der Waals surface area contributed by atoms with Crippen LogP contribution in [0.2, 0.25) is 0 Å². The second kappa shape index (κ2) is 4.81. The molecule has 0 amide bonds. The molecule has 0 heterocycles. The molecule has 2 nitrogen and oxygen atoms in total. The third-order valence-corrected chi connectivity index (χ3v) is 1.67. The van der Waals surface area contributed by atoms with Gasteiger partial charge in [0.25, 0.3) is 0 Å². The molecule has 0 bridgehead atoms. The molecule has 0 radical (unpaired) electrons. The first-order valence-corrected chi connectivity index (χ1v) is 4.21. The van der Waals surface area contributed by atoms with Crippen molar-refractivity contribution in [3.05, 3.63) is 35.4 Å². The van der Waals surface area contributed by atoms with E-state index in [0.717, 1.165) is 12.1 Å². The molecule has 4 heteroatoms. The molecule has 1 aromatic carbocycles. The van der Waals surface area contributed by atoms with Crippen LogP contribution in [-0.2, 0) is 4.74 Å². The molecule has 0 N–H and O–H groups in total. The van der Waals surface area contributed by atoms with Crippen LogP contribution in [0.1, 0.15) is 17.3 Å². The summed E-state index contributed by atoms with van der Waals surface area (Å²) in [4.78, 5) is 11.2. The van der Waals surface area contributed by atoms with E-state index in [0.29, 0.717) is 12.7 Å². The maximum atomic E-state index is 13.0. The fourth-order valence-corrected chi connectivity index (χ4v) is 0.988. The number of hydrogen-bond donors (Lipinski definition) is 0. The summed E-state index contributed by atoms with van der Waals surface area (Å²) in [6.07, 6.45) is 0. The fourth-order valence-electron chi connectivity index (χ4n) is 0.988. The molecular weight excluding hydrogens is 190 g/mol. The summed E-state index contributed by atoms with van der Waals surface area (Å²) in [5.74, 6) is -2.03. The molecule has 0 unspecified atom stereocenters. The van der Waals surface area contributed by atoms with Gasteiger partial charge in [0, 0.05) is 12.7 Å². The first-order chi connectivity index (χ1) is 6.65. The highest BCUT2D eigenvalue weighted by molar-refractivity contribution is 5.97. The van der Waals surface area contributed by atoms with Crippen LogP contribution in [0, 0.1) is 11.6 Å². The summed E-state index contributed by atoms with van der Waals surface area (Å²) >= 11 is 0. The highest BCUT2D eigenvalue weighted by Crippen LogP contribution is 2.10. The standard InChI is InChI=1S/C10H10F2O2/c1-2-14-6-10(13)8-4-3-7(11)5-9(8)12/h3-5H,2,6H2,1H3. The minimum atomic E-state index is -0.852. The quantitative estimate of drug-likeness (QED) is 0.696. The normalized spacial score (nSPS) is 10.2. The Kier molecular flexibility index (Phi) is 3.71. The lowest BCUT2D eigenvalue weighted by molar-refractivity contribution is 0.0779. The third kappa shape index (κ3) is 2.60. The van der Waals surface area contributed by atoms with Gasteiger partial charge < -0.3 is 4.74 Å².